The Labute approximate surface area is 118 Å². The van der Waals surface area contributed by atoms with E-state index in [-0.39, 0.29) is 18.5 Å². The van der Waals surface area contributed by atoms with E-state index < -0.39 is 11.9 Å². The quantitative estimate of drug-likeness (QED) is 0.684. The first-order valence-electron chi connectivity index (χ1n) is 6.70. The molecule has 0 fully saturated rings. The maximum absolute atomic E-state index is 12.9. The van der Waals surface area contributed by atoms with Gasteiger partial charge in [0.1, 0.15) is 5.82 Å². The van der Waals surface area contributed by atoms with Crippen molar-refractivity contribution in [1.29, 1.82) is 0 Å². The standard InChI is InChI=1S/C15H21FO4/c1-20-14(11-5-7-13(16)8-6-11)10-12(15(18)19)4-2-3-9-17/h5-8,12,14,17H,2-4,9-10H2,1H3,(H,18,19)/t12-,14+/m0/s1. The smallest absolute Gasteiger partial charge is 0.306 e. The third-order valence-electron chi connectivity index (χ3n) is 3.33. The lowest BCUT2D eigenvalue weighted by Gasteiger charge is -2.20. The predicted molar refractivity (Wildman–Crippen MR) is 72.8 cm³/mol. The number of rotatable bonds is 9. The highest BCUT2D eigenvalue weighted by Gasteiger charge is 2.23. The van der Waals surface area contributed by atoms with Crippen LogP contribution in [0.2, 0.25) is 0 Å². The van der Waals surface area contributed by atoms with Gasteiger partial charge >= 0.3 is 5.97 Å². The van der Waals surface area contributed by atoms with Crippen LogP contribution in [0.25, 0.3) is 0 Å². The molecular formula is C15H21FO4. The molecule has 2 N–H and O–H groups in total. The molecular weight excluding hydrogens is 263 g/mol. The molecule has 0 radical (unpaired) electrons. The minimum Gasteiger partial charge on any atom is -0.481 e. The zero-order valence-electron chi connectivity index (χ0n) is 11.6. The second kappa shape index (κ2) is 8.66. The van der Waals surface area contributed by atoms with Crippen molar-refractivity contribution in [2.45, 2.75) is 31.8 Å². The number of aliphatic carboxylic acids is 1. The van der Waals surface area contributed by atoms with Gasteiger partial charge in [0.2, 0.25) is 0 Å². The Hall–Kier alpha value is -1.46. The average Bonchev–Trinajstić information content (AvgIpc) is 2.43. The SMILES string of the molecule is CO[C@H](C[C@H](CCCCO)C(=O)O)c1ccc(F)cc1. The highest BCUT2D eigenvalue weighted by atomic mass is 19.1. The second-order valence-electron chi connectivity index (χ2n) is 4.77. The Morgan fingerprint density at radius 3 is 2.45 bits per heavy atom. The third-order valence-corrected chi connectivity index (χ3v) is 3.33. The molecule has 1 aromatic rings. The Kier molecular flexibility index (Phi) is 7.18. The van der Waals surface area contributed by atoms with Gasteiger partial charge in [-0.15, -0.1) is 0 Å². The highest BCUT2D eigenvalue weighted by Crippen LogP contribution is 2.27. The Morgan fingerprint density at radius 2 is 1.95 bits per heavy atom. The van der Waals surface area contributed by atoms with Crippen molar-refractivity contribution in [2.75, 3.05) is 13.7 Å². The minimum absolute atomic E-state index is 0.0675. The molecule has 5 heteroatoms. The van der Waals surface area contributed by atoms with Gasteiger partial charge in [0, 0.05) is 13.7 Å². The van der Waals surface area contributed by atoms with Gasteiger partial charge in [-0.2, -0.15) is 0 Å². The van der Waals surface area contributed by atoms with Crippen LogP contribution >= 0.6 is 0 Å². The summed E-state index contributed by atoms with van der Waals surface area (Å²) in [5.74, 6) is -1.73. The van der Waals surface area contributed by atoms with Crippen molar-refractivity contribution in [3.8, 4) is 0 Å². The van der Waals surface area contributed by atoms with Gasteiger partial charge in [-0.1, -0.05) is 18.6 Å². The molecule has 0 saturated heterocycles. The van der Waals surface area contributed by atoms with Crippen molar-refractivity contribution < 1.29 is 24.1 Å². The molecule has 1 rings (SSSR count). The lowest BCUT2D eigenvalue weighted by atomic mass is 9.92. The summed E-state index contributed by atoms with van der Waals surface area (Å²) in [5, 5.41) is 18.0. The molecule has 112 valence electrons. The van der Waals surface area contributed by atoms with E-state index in [0.29, 0.717) is 25.7 Å². The molecule has 0 bridgehead atoms. The topological polar surface area (TPSA) is 66.8 Å². The molecule has 2 atom stereocenters. The minimum atomic E-state index is -0.868. The number of ether oxygens (including phenoxy) is 1. The Bertz CT molecular complexity index is 405. The number of methoxy groups -OCH3 is 1. The Balaban J connectivity index is 2.68. The molecule has 0 aliphatic heterocycles. The zero-order chi connectivity index (χ0) is 15.0. The van der Waals surface area contributed by atoms with Gasteiger partial charge in [-0.05, 0) is 37.0 Å². The second-order valence-corrected chi connectivity index (χ2v) is 4.77. The van der Waals surface area contributed by atoms with Crippen LogP contribution in [0.5, 0.6) is 0 Å². The fourth-order valence-electron chi connectivity index (χ4n) is 2.15. The number of aliphatic hydroxyl groups excluding tert-OH is 1. The van der Waals surface area contributed by atoms with E-state index >= 15 is 0 Å². The lowest BCUT2D eigenvalue weighted by Crippen LogP contribution is -2.18. The van der Waals surface area contributed by atoms with Crippen molar-refractivity contribution >= 4 is 5.97 Å². The first kappa shape index (κ1) is 16.6. The largest absolute Gasteiger partial charge is 0.481 e. The van der Waals surface area contributed by atoms with Crippen LogP contribution in [0.1, 0.15) is 37.4 Å². The molecule has 0 amide bonds. The van der Waals surface area contributed by atoms with E-state index in [1.165, 1.54) is 19.2 Å². The van der Waals surface area contributed by atoms with E-state index in [2.05, 4.69) is 0 Å². The number of aliphatic hydroxyl groups is 1. The molecule has 1 aromatic carbocycles. The van der Waals surface area contributed by atoms with Gasteiger partial charge in [0.25, 0.3) is 0 Å². The van der Waals surface area contributed by atoms with Gasteiger partial charge in [0.15, 0.2) is 0 Å². The van der Waals surface area contributed by atoms with Crippen molar-refractivity contribution in [3.05, 3.63) is 35.6 Å². The molecule has 0 aliphatic rings. The summed E-state index contributed by atoms with van der Waals surface area (Å²) in [6.45, 7) is 0.0675. The van der Waals surface area contributed by atoms with Crippen molar-refractivity contribution in [2.24, 2.45) is 5.92 Å². The van der Waals surface area contributed by atoms with Gasteiger partial charge < -0.3 is 14.9 Å². The number of halogens is 1. The number of carboxylic acids is 1. The van der Waals surface area contributed by atoms with Crippen LogP contribution in [0.3, 0.4) is 0 Å². The average molecular weight is 284 g/mol. The fourth-order valence-corrected chi connectivity index (χ4v) is 2.15. The summed E-state index contributed by atoms with van der Waals surface area (Å²) in [5.41, 5.74) is 0.766. The molecule has 0 aliphatic carbocycles. The first-order valence-corrected chi connectivity index (χ1v) is 6.70. The third kappa shape index (κ3) is 5.27. The van der Waals surface area contributed by atoms with E-state index in [4.69, 9.17) is 9.84 Å². The van der Waals surface area contributed by atoms with Gasteiger partial charge in [-0.25, -0.2) is 4.39 Å². The van der Waals surface area contributed by atoms with Crippen LogP contribution in [0.4, 0.5) is 4.39 Å². The number of benzene rings is 1. The van der Waals surface area contributed by atoms with Crippen molar-refractivity contribution in [3.63, 3.8) is 0 Å². The molecule has 4 nitrogen and oxygen atoms in total. The Morgan fingerprint density at radius 1 is 1.30 bits per heavy atom. The van der Waals surface area contributed by atoms with E-state index in [0.717, 1.165) is 5.56 Å². The molecule has 0 aromatic heterocycles. The number of hydrogen-bond acceptors (Lipinski definition) is 3. The lowest BCUT2D eigenvalue weighted by molar-refractivity contribution is -0.143. The molecule has 0 spiro atoms. The van der Waals surface area contributed by atoms with Crippen LogP contribution in [-0.4, -0.2) is 29.9 Å². The monoisotopic (exact) mass is 284 g/mol. The fraction of sp³-hybridized carbons (Fsp3) is 0.533. The van der Waals surface area contributed by atoms with Gasteiger partial charge in [0.05, 0.1) is 12.0 Å². The zero-order valence-corrected chi connectivity index (χ0v) is 11.6. The summed E-state index contributed by atoms with van der Waals surface area (Å²) in [6.07, 6.45) is 1.72. The van der Waals surface area contributed by atoms with Crippen molar-refractivity contribution in [1.82, 2.24) is 0 Å². The van der Waals surface area contributed by atoms with E-state index in [9.17, 15) is 14.3 Å². The number of carbonyl (C=O) groups is 1. The van der Waals surface area contributed by atoms with Gasteiger partial charge in [-0.3, -0.25) is 4.79 Å². The van der Waals surface area contributed by atoms with Crippen LogP contribution < -0.4 is 0 Å². The molecule has 0 saturated carbocycles. The predicted octanol–water partition coefficient (Wildman–Crippen LogP) is 2.77. The van der Waals surface area contributed by atoms with E-state index in [1.54, 1.807) is 12.1 Å². The first-order chi connectivity index (χ1) is 9.58. The van der Waals surface area contributed by atoms with E-state index in [1.807, 2.05) is 0 Å². The molecule has 0 heterocycles. The highest BCUT2D eigenvalue weighted by molar-refractivity contribution is 5.70. The van der Waals surface area contributed by atoms with Crippen LogP contribution in [0.15, 0.2) is 24.3 Å². The number of unbranched alkanes of at least 4 members (excludes halogenated alkanes) is 1. The summed E-state index contributed by atoms with van der Waals surface area (Å²) < 4.78 is 18.2. The molecule has 20 heavy (non-hydrogen) atoms. The summed E-state index contributed by atoms with van der Waals surface area (Å²) in [6, 6.07) is 5.89. The summed E-state index contributed by atoms with van der Waals surface area (Å²) in [4.78, 5) is 11.3. The molecule has 0 unspecified atom stereocenters. The summed E-state index contributed by atoms with van der Waals surface area (Å²) >= 11 is 0. The summed E-state index contributed by atoms with van der Waals surface area (Å²) in [7, 11) is 1.51. The maximum Gasteiger partial charge on any atom is 0.306 e. The number of carboxylic acid groups (broad SMARTS) is 1. The van der Waals surface area contributed by atoms with Crippen LogP contribution in [0, 0.1) is 11.7 Å². The number of hydrogen-bond donors (Lipinski definition) is 2. The maximum atomic E-state index is 12.9. The normalized spacial score (nSPS) is 13.9. The van der Waals surface area contributed by atoms with Crippen LogP contribution in [-0.2, 0) is 9.53 Å².